The number of likely N-dealkylation sites (N-methyl/N-ethyl adjacent to an activating group) is 1. The monoisotopic (exact) mass is 259 g/mol. The van der Waals surface area contributed by atoms with Crippen LogP contribution in [0.1, 0.15) is 17.2 Å². The summed E-state index contributed by atoms with van der Waals surface area (Å²) in [6, 6.07) is 14.8. The second kappa shape index (κ2) is 6.34. The van der Waals surface area contributed by atoms with Crippen molar-refractivity contribution in [1.82, 2.24) is 5.32 Å². The van der Waals surface area contributed by atoms with Gasteiger partial charge in [0.25, 0.3) is 0 Å². The van der Waals surface area contributed by atoms with Crippen LogP contribution in [-0.4, -0.2) is 14.2 Å². The minimum atomic E-state index is -0.246. The van der Waals surface area contributed by atoms with E-state index in [1.54, 1.807) is 13.2 Å². The Balaban J connectivity index is 2.29. The third-order valence-electron chi connectivity index (χ3n) is 3.20. The molecule has 2 rings (SSSR count). The summed E-state index contributed by atoms with van der Waals surface area (Å²) in [6.45, 7) is 0. The van der Waals surface area contributed by atoms with Gasteiger partial charge >= 0.3 is 0 Å². The maximum Gasteiger partial charge on any atom is 0.123 e. The molecule has 1 unspecified atom stereocenters. The lowest BCUT2D eigenvalue weighted by molar-refractivity contribution is 0.399. The van der Waals surface area contributed by atoms with Gasteiger partial charge < -0.3 is 10.1 Å². The number of ether oxygens (including phenoxy) is 1. The third-order valence-corrected chi connectivity index (χ3v) is 3.20. The Morgan fingerprint density at radius 2 is 1.89 bits per heavy atom. The molecule has 1 N–H and O–H groups in total. The first-order valence-corrected chi connectivity index (χ1v) is 6.29. The number of benzene rings is 2. The van der Waals surface area contributed by atoms with Crippen LogP contribution in [0.3, 0.4) is 0 Å². The molecule has 0 aliphatic carbocycles. The van der Waals surface area contributed by atoms with Gasteiger partial charge in [-0.25, -0.2) is 4.39 Å². The first-order valence-electron chi connectivity index (χ1n) is 6.29. The smallest absolute Gasteiger partial charge is 0.123 e. The van der Waals surface area contributed by atoms with Crippen LogP contribution in [0.5, 0.6) is 5.75 Å². The number of hydrogen-bond donors (Lipinski definition) is 1. The highest BCUT2D eigenvalue weighted by molar-refractivity contribution is 5.37. The van der Waals surface area contributed by atoms with Crippen molar-refractivity contribution in [1.29, 1.82) is 0 Å². The summed E-state index contributed by atoms with van der Waals surface area (Å²) in [5, 5.41) is 3.22. The molecule has 0 radical (unpaired) electrons. The number of halogens is 1. The molecule has 1 atom stereocenters. The molecule has 0 fully saturated rings. The van der Waals surface area contributed by atoms with E-state index in [4.69, 9.17) is 4.74 Å². The Kier molecular flexibility index (Phi) is 4.53. The van der Waals surface area contributed by atoms with Crippen molar-refractivity contribution >= 4 is 0 Å². The SMILES string of the molecule is CNC(Cc1ccccc1)c1cc(F)ccc1OC. The Bertz CT molecular complexity index is 528. The summed E-state index contributed by atoms with van der Waals surface area (Å²) in [5.74, 6) is 0.459. The van der Waals surface area contributed by atoms with Gasteiger partial charge in [-0.1, -0.05) is 30.3 Å². The van der Waals surface area contributed by atoms with Crippen molar-refractivity contribution in [3.63, 3.8) is 0 Å². The highest BCUT2D eigenvalue weighted by Crippen LogP contribution is 2.28. The fourth-order valence-electron chi connectivity index (χ4n) is 2.19. The number of hydrogen-bond acceptors (Lipinski definition) is 2. The van der Waals surface area contributed by atoms with E-state index in [0.29, 0.717) is 5.75 Å². The molecule has 3 heteroatoms. The van der Waals surface area contributed by atoms with Crippen LogP contribution in [-0.2, 0) is 6.42 Å². The van der Waals surface area contributed by atoms with Crippen molar-refractivity contribution in [3.05, 3.63) is 65.5 Å². The van der Waals surface area contributed by atoms with Gasteiger partial charge in [0.05, 0.1) is 7.11 Å². The quantitative estimate of drug-likeness (QED) is 0.889. The van der Waals surface area contributed by atoms with Gasteiger partial charge in [0, 0.05) is 11.6 Å². The second-order valence-corrected chi connectivity index (χ2v) is 4.42. The maximum absolute atomic E-state index is 13.4. The van der Waals surface area contributed by atoms with Crippen LogP contribution in [0.25, 0.3) is 0 Å². The van der Waals surface area contributed by atoms with E-state index in [2.05, 4.69) is 17.4 Å². The lowest BCUT2D eigenvalue weighted by Crippen LogP contribution is -2.19. The highest BCUT2D eigenvalue weighted by atomic mass is 19.1. The summed E-state index contributed by atoms with van der Waals surface area (Å²) in [6.07, 6.45) is 0.789. The summed E-state index contributed by atoms with van der Waals surface area (Å²) < 4.78 is 18.7. The molecule has 0 heterocycles. The van der Waals surface area contributed by atoms with Crippen molar-refractivity contribution in [2.24, 2.45) is 0 Å². The van der Waals surface area contributed by atoms with Crippen molar-refractivity contribution < 1.29 is 9.13 Å². The average Bonchev–Trinajstić information content (AvgIpc) is 2.46. The molecular formula is C16H18FNO. The maximum atomic E-state index is 13.4. The minimum Gasteiger partial charge on any atom is -0.496 e. The lowest BCUT2D eigenvalue weighted by atomic mass is 9.98. The van der Waals surface area contributed by atoms with Gasteiger partial charge in [-0.05, 0) is 37.2 Å². The van der Waals surface area contributed by atoms with E-state index in [1.165, 1.54) is 17.7 Å². The molecule has 0 amide bonds. The standard InChI is InChI=1S/C16H18FNO/c1-18-15(10-12-6-4-3-5-7-12)14-11-13(17)8-9-16(14)19-2/h3-9,11,15,18H,10H2,1-2H3. The molecule has 2 aromatic rings. The van der Waals surface area contributed by atoms with Gasteiger partial charge in [-0.2, -0.15) is 0 Å². The molecule has 19 heavy (non-hydrogen) atoms. The molecule has 0 aliphatic heterocycles. The van der Waals surface area contributed by atoms with Crippen LogP contribution < -0.4 is 10.1 Å². The first kappa shape index (κ1) is 13.6. The Morgan fingerprint density at radius 1 is 1.16 bits per heavy atom. The molecule has 0 bridgehead atoms. The summed E-state index contributed by atoms with van der Waals surface area (Å²) >= 11 is 0. The molecule has 0 saturated heterocycles. The predicted octanol–water partition coefficient (Wildman–Crippen LogP) is 3.34. The van der Waals surface area contributed by atoms with Crippen LogP contribution in [0.4, 0.5) is 4.39 Å². The van der Waals surface area contributed by atoms with Crippen molar-refractivity contribution in [2.45, 2.75) is 12.5 Å². The zero-order chi connectivity index (χ0) is 13.7. The average molecular weight is 259 g/mol. The number of methoxy groups -OCH3 is 1. The van der Waals surface area contributed by atoms with Crippen molar-refractivity contribution in [2.75, 3.05) is 14.2 Å². The second-order valence-electron chi connectivity index (χ2n) is 4.42. The van der Waals surface area contributed by atoms with Crippen LogP contribution in [0, 0.1) is 5.82 Å². The normalized spacial score (nSPS) is 12.2. The van der Waals surface area contributed by atoms with Gasteiger partial charge in [0.1, 0.15) is 11.6 Å². The summed E-state index contributed by atoms with van der Waals surface area (Å²) in [5.41, 5.74) is 2.04. The Hall–Kier alpha value is -1.87. The van der Waals surface area contributed by atoms with Crippen LogP contribution in [0.2, 0.25) is 0 Å². The summed E-state index contributed by atoms with van der Waals surface area (Å²) in [7, 11) is 3.48. The van der Waals surface area contributed by atoms with E-state index in [-0.39, 0.29) is 11.9 Å². The molecular weight excluding hydrogens is 241 g/mol. The van der Waals surface area contributed by atoms with Crippen LogP contribution >= 0.6 is 0 Å². The van der Waals surface area contributed by atoms with Crippen molar-refractivity contribution in [3.8, 4) is 5.75 Å². The Labute approximate surface area is 113 Å². The number of rotatable bonds is 5. The molecule has 0 aromatic heterocycles. The Morgan fingerprint density at radius 3 is 2.53 bits per heavy atom. The van der Waals surface area contributed by atoms with Crippen LogP contribution in [0.15, 0.2) is 48.5 Å². The van der Waals surface area contributed by atoms with E-state index < -0.39 is 0 Å². The third kappa shape index (κ3) is 3.32. The molecule has 100 valence electrons. The van der Waals surface area contributed by atoms with Gasteiger partial charge in [-0.3, -0.25) is 0 Å². The topological polar surface area (TPSA) is 21.3 Å². The van der Waals surface area contributed by atoms with E-state index in [0.717, 1.165) is 12.0 Å². The fourth-order valence-corrected chi connectivity index (χ4v) is 2.19. The van der Waals surface area contributed by atoms with Gasteiger partial charge in [-0.15, -0.1) is 0 Å². The van der Waals surface area contributed by atoms with Gasteiger partial charge in [0.2, 0.25) is 0 Å². The largest absolute Gasteiger partial charge is 0.496 e. The summed E-state index contributed by atoms with van der Waals surface area (Å²) in [4.78, 5) is 0. The number of nitrogens with one attached hydrogen (secondary N) is 1. The zero-order valence-corrected chi connectivity index (χ0v) is 11.2. The lowest BCUT2D eigenvalue weighted by Gasteiger charge is -2.19. The highest BCUT2D eigenvalue weighted by Gasteiger charge is 2.15. The zero-order valence-electron chi connectivity index (χ0n) is 11.2. The van der Waals surface area contributed by atoms with E-state index >= 15 is 0 Å². The van der Waals surface area contributed by atoms with E-state index in [9.17, 15) is 4.39 Å². The molecule has 2 aromatic carbocycles. The fraction of sp³-hybridized carbons (Fsp3) is 0.250. The molecule has 0 saturated carbocycles. The molecule has 2 nitrogen and oxygen atoms in total. The molecule has 0 spiro atoms. The first-order chi connectivity index (χ1) is 9.24. The predicted molar refractivity (Wildman–Crippen MR) is 74.9 cm³/mol. The van der Waals surface area contributed by atoms with E-state index in [1.807, 2.05) is 25.2 Å². The van der Waals surface area contributed by atoms with Gasteiger partial charge in [0.15, 0.2) is 0 Å². The molecule has 0 aliphatic rings. The minimum absolute atomic E-state index is 0.0213.